The normalized spacial score (nSPS) is 10.8. The van der Waals surface area contributed by atoms with Gasteiger partial charge < -0.3 is 10.1 Å². The molecular weight excluding hydrogens is 356 g/mol. The zero-order valence-corrected chi connectivity index (χ0v) is 17.2. The van der Waals surface area contributed by atoms with E-state index in [9.17, 15) is 0 Å². The highest BCUT2D eigenvalue weighted by molar-refractivity contribution is 7.18. The van der Waals surface area contributed by atoms with Gasteiger partial charge in [-0.15, -0.1) is 0 Å². The van der Waals surface area contributed by atoms with Gasteiger partial charge in [0.25, 0.3) is 0 Å². The quantitative estimate of drug-likeness (QED) is 0.558. The van der Waals surface area contributed by atoms with Crippen LogP contribution < -0.4 is 10.1 Å². The van der Waals surface area contributed by atoms with Crippen molar-refractivity contribution < 1.29 is 4.74 Å². The van der Waals surface area contributed by atoms with Crippen LogP contribution in [-0.2, 0) is 0 Å². The molecule has 3 rings (SSSR count). The van der Waals surface area contributed by atoms with Crippen molar-refractivity contribution in [1.29, 1.82) is 0 Å². The Morgan fingerprint density at radius 1 is 1.04 bits per heavy atom. The van der Waals surface area contributed by atoms with E-state index in [1.165, 1.54) is 0 Å². The second-order valence-electron chi connectivity index (χ2n) is 6.47. The van der Waals surface area contributed by atoms with E-state index in [1.54, 1.807) is 11.3 Å². The van der Waals surface area contributed by atoms with Gasteiger partial charge in [0.1, 0.15) is 11.6 Å². The summed E-state index contributed by atoms with van der Waals surface area (Å²) in [6, 6.07) is 8.20. The van der Waals surface area contributed by atoms with Gasteiger partial charge in [-0.2, -0.15) is 0 Å². The third-order valence-corrected chi connectivity index (χ3v) is 5.05. The molecular formula is C21H26N4OS. The Labute approximate surface area is 164 Å². The van der Waals surface area contributed by atoms with E-state index in [0.717, 1.165) is 70.1 Å². The summed E-state index contributed by atoms with van der Waals surface area (Å²) in [6.45, 7) is 9.92. The van der Waals surface area contributed by atoms with Crippen molar-refractivity contribution in [2.45, 2.75) is 40.5 Å². The van der Waals surface area contributed by atoms with E-state index >= 15 is 0 Å². The lowest BCUT2D eigenvalue weighted by molar-refractivity contribution is 0.317. The van der Waals surface area contributed by atoms with Crippen molar-refractivity contribution in [3.8, 4) is 27.6 Å². The molecule has 0 saturated heterocycles. The molecule has 2 heterocycles. The Bertz CT molecular complexity index is 907. The van der Waals surface area contributed by atoms with Crippen molar-refractivity contribution in [2.75, 3.05) is 18.5 Å². The van der Waals surface area contributed by atoms with Gasteiger partial charge in [-0.1, -0.05) is 25.2 Å². The second kappa shape index (κ2) is 8.95. The average Bonchev–Trinajstić information content (AvgIpc) is 3.13. The van der Waals surface area contributed by atoms with E-state index in [2.05, 4.69) is 53.2 Å². The highest BCUT2D eigenvalue weighted by Crippen LogP contribution is 2.32. The van der Waals surface area contributed by atoms with Crippen molar-refractivity contribution >= 4 is 16.5 Å². The van der Waals surface area contributed by atoms with Crippen LogP contribution in [0.1, 0.15) is 38.1 Å². The average molecular weight is 383 g/mol. The molecule has 0 radical (unpaired) electrons. The van der Waals surface area contributed by atoms with Crippen molar-refractivity contribution in [3.05, 3.63) is 41.9 Å². The maximum Gasteiger partial charge on any atom is 0.183 e. The minimum atomic E-state index is 0.731. The molecule has 27 heavy (non-hydrogen) atoms. The van der Waals surface area contributed by atoms with Crippen molar-refractivity contribution in [1.82, 2.24) is 15.0 Å². The second-order valence-corrected chi connectivity index (χ2v) is 7.50. The number of thiazole rings is 1. The molecule has 2 aromatic heterocycles. The largest absolute Gasteiger partial charge is 0.494 e. The first kappa shape index (κ1) is 19.3. The number of hydrogen-bond donors (Lipinski definition) is 1. The smallest absolute Gasteiger partial charge is 0.183 e. The highest BCUT2D eigenvalue weighted by Gasteiger charge is 2.12. The zero-order chi connectivity index (χ0) is 19.2. The summed E-state index contributed by atoms with van der Waals surface area (Å²) in [5, 5.41) is 4.26. The van der Waals surface area contributed by atoms with Crippen LogP contribution in [-0.4, -0.2) is 28.1 Å². The Kier molecular flexibility index (Phi) is 6.40. The zero-order valence-electron chi connectivity index (χ0n) is 16.4. The number of aromatic nitrogens is 3. The molecule has 0 aliphatic heterocycles. The van der Waals surface area contributed by atoms with Crippen LogP contribution in [0.5, 0.6) is 5.75 Å². The standard InChI is InChI=1S/C21H26N4OS/c1-5-9-22-21-23-13-20(27-21)19-12-18(24-15(4)25-19)17-8-7-16(11-14(17)3)26-10-6-2/h7-8,11-13H,5-6,9-10H2,1-4H3,(H,22,23). The third-order valence-electron chi connectivity index (χ3n) is 4.07. The molecule has 1 N–H and O–H groups in total. The van der Waals surface area contributed by atoms with E-state index in [4.69, 9.17) is 4.74 Å². The van der Waals surface area contributed by atoms with Crippen LogP contribution in [0.3, 0.4) is 0 Å². The number of rotatable bonds is 8. The summed E-state index contributed by atoms with van der Waals surface area (Å²) in [5.41, 5.74) is 4.07. The first-order valence-corrected chi connectivity index (χ1v) is 10.2. The lowest BCUT2D eigenvalue weighted by Gasteiger charge is -2.11. The van der Waals surface area contributed by atoms with Gasteiger partial charge in [-0.3, -0.25) is 0 Å². The van der Waals surface area contributed by atoms with E-state index < -0.39 is 0 Å². The summed E-state index contributed by atoms with van der Waals surface area (Å²) in [5.74, 6) is 1.66. The Morgan fingerprint density at radius 3 is 2.59 bits per heavy atom. The molecule has 0 aliphatic carbocycles. The van der Waals surface area contributed by atoms with Gasteiger partial charge in [0, 0.05) is 18.3 Å². The fourth-order valence-corrected chi connectivity index (χ4v) is 3.57. The van der Waals surface area contributed by atoms with Crippen LogP contribution in [0.4, 0.5) is 5.13 Å². The summed E-state index contributed by atoms with van der Waals surface area (Å²) >= 11 is 1.62. The van der Waals surface area contributed by atoms with Crippen LogP contribution in [0.25, 0.3) is 21.8 Å². The maximum absolute atomic E-state index is 5.73. The molecule has 0 unspecified atom stereocenters. The third kappa shape index (κ3) is 4.83. The predicted octanol–water partition coefficient (Wildman–Crippen LogP) is 5.49. The molecule has 1 aromatic carbocycles. The molecule has 0 aliphatic rings. The minimum Gasteiger partial charge on any atom is -0.494 e. The van der Waals surface area contributed by atoms with Crippen molar-refractivity contribution in [2.24, 2.45) is 0 Å². The molecule has 0 saturated carbocycles. The van der Waals surface area contributed by atoms with E-state index in [0.29, 0.717) is 0 Å². The van der Waals surface area contributed by atoms with Gasteiger partial charge >= 0.3 is 0 Å². The SMILES string of the molecule is CCCNc1ncc(-c2cc(-c3ccc(OCCC)cc3C)nc(C)n2)s1. The lowest BCUT2D eigenvalue weighted by Crippen LogP contribution is -1.98. The number of hydrogen-bond acceptors (Lipinski definition) is 6. The summed E-state index contributed by atoms with van der Waals surface area (Å²) in [6.07, 6.45) is 3.95. The number of nitrogens with one attached hydrogen (secondary N) is 1. The molecule has 5 nitrogen and oxygen atoms in total. The number of aryl methyl sites for hydroxylation is 2. The fraction of sp³-hybridized carbons (Fsp3) is 0.381. The Hall–Kier alpha value is -2.47. The molecule has 6 heteroatoms. The maximum atomic E-state index is 5.73. The molecule has 142 valence electrons. The van der Waals surface area contributed by atoms with Crippen LogP contribution in [0, 0.1) is 13.8 Å². The van der Waals surface area contributed by atoms with Gasteiger partial charge in [-0.25, -0.2) is 15.0 Å². The summed E-state index contributed by atoms with van der Waals surface area (Å²) < 4.78 is 5.73. The van der Waals surface area contributed by atoms with Gasteiger partial charge in [0.15, 0.2) is 5.13 Å². The Balaban J connectivity index is 1.90. The molecule has 0 spiro atoms. The summed E-state index contributed by atoms with van der Waals surface area (Å²) in [7, 11) is 0. The number of nitrogens with zero attached hydrogens (tertiary/aromatic N) is 3. The van der Waals surface area contributed by atoms with Crippen LogP contribution in [0.15, 0.2) is 30.5 Å². The van der Waals surface area contributed by atoms with Gasteiger partial charge in [0.05, 0.1) is 22.9 Å². The Morgan fingerprint density at radius 2 is 1.85 bits per heavy atom. The van der Waals surface area contributed by atoms with Crippen LogP contribution in [0.2, 0.25) is 0 Å². The first-order chi connectivity index (χ1) is 13.1. The molecule has 0 amide bonds. The van der Waals surface area contributed by atoms with Gasteiger partial charge in [0.2, 0.25) is 0 Å². The monoisotopic (exact) mass is 382 g/mol. The lowest BCUT2D eigenvalue weighted by atomic mass is 10.0. The van der Waals surface area contributed by atoms with E-state index in [-0.39, 0.29) is 0 Å². The van der Waals surface area contributed by atoms with Crippen LogP contribution >= 0.6 is 11.3 Å². The van der Waals surface area contributed by atoms with E-state index in [1.807, 2.05) is 25.3 Å². The number of benzene rings is 1. The molecule has 3 aromatic rings. The van der Waals surface area contributed by atoms with Crippen molar-refractivity contribution in [3.63, 3.8) is 0 Å². The minimum absolute atomic E-state index is 0.731. The molecule has 0 bridgehead atoms. The number of ether oxygens (including phenoxy) is 1. The predicted molar refractivity (Wildman–Crippen MR) is 113 cm³/mol. The molecule has 0 atom stereocenters. The summed E-state index contributed by atoms with van der Waals surface area (Å²) in [4.78, 5) is 14.8. The first-order valence-electron chi connectivity index (χ1n) is 9.40. The topological polar surface area (TPSA) is 59.9 Å². The highest BCUT2D eigenvalue weighted by atomic mass is 32.1. The van der Waals surface area contributed by atoms with Gasteiger partial charge in [-0.05, 0) is 56.5 Å². The molecule has 0 fully saturated rings. The fourth-order valence-electron chi connectivity index (χ4n) is 2.77. The number of anilines is 1.